The summed E-state index contributed by atoms with van der Waals surface area (Å²) in [7, 11) is 4.01. The SMILES string of the molecule is CN(C)C1C=Cc2ccccc2O1. The van der Waals surface area contributed by atoms with Crippen LogP contribution in [0, 0.1) is 0 Å². The van der Waals surface area contributed by atoms with Gasteiger partial charge < -0.3 is 4.74 Å². The van der Waals surface area contributed by atoms with Gasteiger partial charge in [0, 0.05) is 5.56 Å². The molecule has 0 saturated carbocycles. The zero-order chi connectivity index (χ0) is 9.26. The number of ether oxygens (including phenoxy) is 1. The maximum atomic E-state index is 5.73. The number of hydrogen-bond donors (Lipinski definition) is 0. The first-order chi connectivity index (χ1) is 6.27. The van der Waals surface area contributed by atoms with E-state index in [9.17, 15) is 0 Å². The number of likely N-dealkylation sites (N-methyl/N-ethyl adjacent to an activating group) is 1. The van der Waals surface area contributed by atoms with Crippen LogP contribution in [-0.4, -0.2) is 25.2 Å². The zero-order valence-electron chi connectivity index (χ0n) is 7.90. The molecule has 0 radical (unpaired) electrons. The number of rotatable bonds is 1. The van der Waals surface area contributed by atoms with E-state index < -0.39 is 0 Å². The highest BCUT2D eigenvalue weighted by molar-refractivity contribution is 5.59. The third-order valence-corrected chi connectivity index (χ3v) is 2.12. The normalized spacial score (nSPS) is 19.8. The predicted molar refractivity (Wildman–Crippen MR) is 53.6 cm³/mol. The fourth-order valence-corrected chi connectivity index (χ4v) is 1.36. The van der Waals surface area contributed by atoms with Crippen molar-refractivity contribution < 1.29 is 4.74 Å². The van der Waals surface area contributed by atoms with E-state index >= 15 is 0 Å². The van der Waals surface area contributed by atoms with Crippen molar-refractivity contribution in [1.82, 2.24) is 4.90 Å². The summed E-state index contributed by atoms with van der Waals surface area (Å²) in [5, 5.41) is 0. The van der Waals surface area contributed by atoms with Crippen molar-refractivity contribution in [3.63, 3.8) is 0 Å². The molecule has 68 valence electrons. The van der Waals surface area contributed by atoms with Gasteiger partial charge in [-0.25, -0.2) is 0 Å². The minimum absolute atomic E-state index is 0.0647. The highest BCUT2D eigenvalue weighted by atomic mass is 16.5. The van der Waals surface area contributed by atoms with Crippen LogP contribution in [0.2, 0.25) is 0 Å². The topological polar surface area (TPSA) is 12.5 Å². The van der Waals surface area contributed by atoms with Crippen LogP contribution in [0.5, 0.6) is 5.75 Å². The summed E-state index contributed by atoms with van der Waals surface area (Å²) >= 11 is 0. The first-order valence-electron chi connectivity index (χ1n) is 4.38. The summed E-state index contributed by atoms with van der Waals surface area (Å²) < 4.78 is 5.73. The largest absolute Gasteiger partial charge is 0.471 e. The maximum absolute atomic E-state index is 5.73. The Morgan fingerprint density at radius 1 is 1.23 bits per heavy atom. The molecular weight excluding hydrogens is 162 g/mol. The lowest BCUT2D eigenvalue weighted by atomic mass is 10.1. The molecule has 13 heavy (non-hydrogen) atoms. The summed E-state index contributed by atoms with van der Waals surface area (Å²) in [6.45, 7) is 0. The molecule has 0 aromatic heterocycles. The monoisotopic (exact) mass is 175 g/mol. The Hall–Kier alpha value is -1.28. The Balaban J connectivity index is 2.29. The second kappa shape index (κ2) is 3.23. The Morgan fingerprint density at radius 2 is 2.00 bits per heavy atom. The van der Waals surface area contributed by atoms with Gasteiger partial charge in [-0.05, 0) is 26.2 Å². The van der Waals surface area contributed by atoms with Crippen LogP contribution in [-0.2, 0) is 0 Å². The van der Waals surface area contributed by atoms with Gasteiger partial charge in [0.05, 0.1) is 0 Å². The van der Waals surface area contributed by atoms with Crippen LogP contribution >= 0.6 is 0 Å². The number of benzene rings is 1. The van der Waals surface area contributed by atoms with Crippen LogP contribution in [0.4, 0.5) is 0 Å². The van der Waals surface area contributed by atoms with Gasteiger partial charge in [0.1, 0.15) is 5.75 Å². The van der Waals surface area contributed by atoms with Crippen LogP contribution in [0.15, 0.2) is 30.3 Å². The van der Waals surface area contributed by atoms with E-state index in [-0.39, 0.29) is 6.23 Å². The Labute approximate surface area is 78.4 Å². The third-order valence-electron chi connectivity index (χ3n) is 2.12. The average Bonchev–Trinajstić information content (AvgIpc) is 2.17. The fourth-order valence-electron chi connectivity index (χ4n) is 1.36. The molecule has 0 N–H and O–H groups in total. The van der Waals surface area contributed by atoms with Crippen LogP contribution in [0.25, 0.3) is 6.08 Å². The van der Waals surface area contributed by atoms with E-state index in [1.807, 2.05) is 37.2 Å². The summed E-state index contributed by atoms with van der Waals surface area (Å²) in [5.74, 6) is 0.962. The van der Waals surface area contributed by atoms with Crippen LogP contribution in [0.1, 0.15) is 5.56 Å². The molecule has 2 heteroatoms. The van der Waals surface area contributed by atoms with Crippen molar-refractivity contribution in [1.29, 1.82) is 0 Å². The Kier molecular flexibility index (Phi) is 2.07. The van der Waals surface area contributed by atoms with Crippen molar-refractivity contribution in [3.05, 3.63) is 35.9 Å². The third kappa shape index (κ3) is 1.58. The summed E-state index contributed by atoms with van der Waals surface area (Å²) in [5.41, 5.74) is 1.15. The quantitative estimate of drug-likeness (QED) is 0.647. The highest BCUT2D eigenvalue weighted by Crippen LogP contribution is 2.25. The van der Waals surface area contributed by atoms with E-state index in [1.165, 1.54) is 0 Å². The zero-order valence-corrected chi connectivity index (χ0v) is 7.90. The molecule has 0 spiro atoms. The minimum atomic E-state index is 0.0647. The standard InChI is InChI=1S/C11H13NO/c1-12(2)11-8-7-9-5-3-4-6-10(9)13-11/h3-8,11H,1-2H3. The molecule has 0 saturated heterocycles. The van der Waals surface area contributed by atoms with Gasteiger partial charge in [0.2, 0.25) is 0 Å². The molecule has 1 aliphatic rings. The van der Waals surface area contributed by atoms with E-state index in [0.717, 1.165) is 11.3 Å². The average molecular weight is 175 g/mol. The lowest BCUT2D eigenvalue weighted by Crippen LogP contribution is -2.32. The molecule has 2 rings (SSSR count). The minimum Gasteiger partial charge on any atom is -0.471 e. The van der Waals surface area contributed by atoms with E-state index in [0.29, 0.717) is 0 Å². The van der Waals surface area contributed by atoms with Gasteiger partial charge in [-0.15, -0.1) is 0 Å². The van der Waals surface area contributed by atoms with Gasteiger partial charge in [-0.3, -0.25) is 4.90 Å². The second-order valence-electron chi connectivity index (χ2n) is 3.37. The van der Waals surface area contributed by atoms with E-state index in [4.69, 9.17) is 4.74 Å². The second-order valence-corrected chi connectivity index (χ2v) is 3.37. The summed E-state index contributed by atoms with van der Waals surface area (Å²) in [6.07, 6.45) is 4.22. The van der Waals surface area contributed by atoms with Gasteiger partial charge >= 0.3 is 0 Å². The van der Waals surface area contributed by atoms with Gasteiger partial charge in [-0.2, -0.15) is 0 Å². The first kappa shape index (κ1) is 8.32. The lowest BCUT2D eigenvalue weighted by Gasteiger charge is -2.26. The molecule has 1 unspecified atom stereocenters. The molecule has 0 aliphatic carbocycles. The Morgan fingerprint density at radius 3 is 2.77 bits per heavy atom. The molecule has 1 aromatic rings. The number of nitrogens with zero attached hydrogens (tertiary/aromatic N) is 1. The van der Waals surface area contributed by atoms with Crippen molar-refractivity contribution in [2.75, 3.05) is 14.1 Å². The molecule has 1 aromatic carbocycles. The summed E-state index contributed by atoms with van der Waals surface area (Å²) in [4.78, 5) is 2.03. The molecule has 2 nitrogen and oxygen atoms in total. The summed E-state index contributed by atoms with van der Waals surface area (Å²) in [6, 6.07) is 8.06. The lowest BCUT2D eigenvalue weighted by molar-refractivity contribution is 0.105. The molecule has 0 bridgehead atoms. The highest BCUT2D eigenvalue weighted by Gasteiger charge is 2.14. The van der Waals surface area contributed by atoms with Crippen LogP contribution < -0.4 is 4.74 Å². The van der Waals surface area contributed by atoms with Gasteiger partial charge in [0.15, 0.2) is 6.23 Å². The number of para-hydroxylation sites is 1. The Bertz CT molecular complexity index is 331. The van der Waals surface area contributed by atoms with Crippen molar-refractivity contribution in [3.8, 4) is 5.75 Å². The molecule has 0 fully saturated rings. The maximum Gasteiger partial charge on any atom is 0.171 e. The molecular formula is C11H13NO. The predicted octanol–water partition coefficient (Wildman–Crippen LogP) is 1.98. The molecule has 1 atom stereocenters. The molecule has 1 aliphatic heterocycles. The van der Waals surface area contributed by atoms with Crippen LogP contribution in [0.3, 0.4) is 0 Å². The smallest absolute Gasteiger partial charge is 0.171 e. The molecule has 0 amide bonds. The van der Waals surface area contributed by atoms with Gasteiger partial charge in [-0.1, -0.05) is 24.3 Å². The first-order valence-corrected chi connectivity index (χ1v) is 4.38. The molecule has 1 heterocycles. The fraction of sp³-hybridized carbons (Fsp3) is 0.273. The van der Waals surface area contributed by atoms with E-state index in [1.54, 1.807) is 0 Å². The van der Waals surface area contributed by atoms with Crippen molar-refractivity contribution in [2.24, 2.45) is 0 Å². The van der Waals surface area contributed by atoms with Crippen molar-refractivity contribution in [2.45, 2.75) is 6.23 Å². The number of fused-ring (bicyclic) bond motifs is 1. The van der Waals surface area contributed by atoms with Gasteiger partial charge in [0.25, 0.3) is 0 Å². The van der Waals surface area contributed by atoms with E-state index in [2.05, 4.69) is 18.2 Å². The number of hydrogen-bond acceptors (Lipinski definition) is 2. The van der Waals surface area contributed by atoms with Crippen molar-refractivity contribution >= 4 is 6.08 Å².